The highest BCUT2D eigenvalue weighted by Crippen LogP contribution is 2.51. The Morgan fingerprint density at radius 2 is 1.87 bits per heavy atom. The third kappa shape index (κ3) is 2.96. The second-order valence-corrected chi connectivity index (χ2v) is 7.73. The molecule has 1 aromatic rings. The smallest absolute Gasteiger partial charge is 0.318 e. The minimum atomic E-state index is -0.548. The van der Waals surface area contributed by atoms with Crippen molar-refractivity contribution in [1.82, 2.24) is 15.5 Å². The maximum absolute atomic E-state index is 12.7. The van der Waals surface area contributed by atoms with E-state index in [9.17, 15) is 9.59 Å². The molecule has 3 atom stereocenters. The van der Waals surface area contributed by atoms with Crippen molar-refractivity contribution >= 4 is 27.9 Å². The third-order valence-electron chi connectivity index (χ3n) is 5.23. The van der Waals surface area contributed by atoms with Crippen LogP contribution in [0.1, 0.15) is 30.9 Å². The summed E-state index contributed by atoms with van der Waals surface area (Å²) >= 11 is 3.40. The quantitative estimate of drug-likeness (QED) is 0.831. The number of carbonyl (C=O) groups excluding carboxylic acids is 2. The molecule has 3 fully saturated rings. The van der Waals surface area contributed by atoms with E-state index < -0.39 is 6.04 Å². The number of benzene rings is 1. The van der Waals surface area contributed by atoms with E-state index in [1.807, 2.05) is 24.3 Å². The second kappa shape index (κ2) is 5.82. The van der Waals surface area contributed by atoms with Crippen LogP contribution in [0, 0.1) is 11.8 Å². The Morgan fingerprint density at radius 1 is 1.17 bits per heavy atom. The number of halogens is 1. The summed E-state index contributed by atoms with van der Waals surface area (Å²) in [6, 6.07) is 7.21. The average molecular weight is 378 g/mol. The number of nitrogens with one attached hydrogen (secondary N) is 2. The largest absolute Gasteiger partial charge is 0.352 e. The van der Waals surface area contributed by atoms with Crippen molar-refractivity contribution in [3.63, 3.8) is 0 Å². The zero-order valence-electron chi connectivity index (χ0n) is 12.8. The standard InChI is InChI=1S/C17H20BrN3O2/c18-13-3-1-10(2-4-13)15-16(22)19-5-6-21(15)17(23)20-14-8-11-7-12(11)9-14/h1-4,11-12,14-15H,5-9H2,(H,19,22)(H,20,23). The normalized spacial score (nSPS) is 32.2. The zero-order chi connectivity index (χ0) is 16.0. The Labute approximate surface area is 143 Å². The molecule has 2 N–H and O–H groups in total. The van der Waals surface area contributed by atoms with E-state index in [2.05, 4.69) is 26.6 Å². The van der Waals surface area contributed by atoms with Crippen LogP contribution in [0.5, 0.6) is 0 Å². The van der Waals surface area contributed by atoms with E-state index in [1.165, 1.54) is 6.42 Å². The van der Waals surface area contributed by atoms with Gasteiger partial charge in [0.15, 0.2) is 0 Å². The molecule has 1 saturated heterocycles. The van der Waals surface area contributed by atoms with Crippen LogP contribution in [0.4, 0.5) is 4.79 Å². The fourth-order valence-electron chi connectivity index (χ4n) is 3.95. The predicted molar refractivity (Wildman–Crippen MR) is 89.7 cm³/mol. The van der Waals surface area contributed by atoms with Gasteiger partial charge in [-0.2, -0.15) is 0 Å². The van der Waals surface area contributed by atoms with Gasteiger partial charge in [-0.15, -0.1) is 0 Å². The Bertz CT molecular complexity index is 623. The Kier molecular flexibility index (Phi) is 3.79. The number of carbonyl (C=O) groups is 2. The molecule has 3 aliphatic rings. The predicted octanol–water partition coefficient (Wildman–Crippen LogP) is 2.43. The van der Waals surface area contributed by atoms with Crippen molar-refractivity contribution in [1.29, 1.82) is 0 Å². The lowest BCUT2D eigenvalue weighted by molar-refractivity contribution is -0.127. The van der Waals surface area contributed by atoms with Gasteiger partial charge in [0.1, 0.15) is 6.04 Å². The lowest BCUT2D eigenvalue weighted by Crippen LogP contribution is -2.56. The average Bonchev–Trinajstić information content (AvgIpc) is 3.15. The highest BCUT2D eigenvalue weighted by atomic mass is 79.9. The number of urea groups is 1. The fourth-order valence-corrected chi connectivity index (χ4v) is 4.22. The molecule has 1 aliphatic heterocycles. The highest BCUT2D eigenvalue weighted by Gasteiger charge is 2.46. The molecular weight excluding hydrogens is 358 g/mol. The molecule has 4 rings (SSSR count). The van der Waals surface area contributed by atoms with E-state index in [1.54, 1.807) is 4.90 Å². The van der Waals surface area contributed by atoms with Crippen LogP contribution in [0.25, 0.3) is 0 Å². The minimum Gasteiger partial charge on any atom is -0.352 e. The molecule has 0 bridgehead atoms. The van der Waals surface area contributed by atoms with Crippen LogP contribution in [-0.2, 0) is 4.79 Å². The number of fused-ring (bicyclic) bond motifs is 1. The molecule has 2 aliphatic carbocycles. The van der Waals surface area contributed by atoms with Crippen LogP contribution < -0.4 is 10.6 Å². The van der Waals surface area contributed by atoms with E-state index in [0.717, 1.165) is 34.7 Å². The fraction of sp³-hybridized carbons (Fsp3) is 0.529. The number of nitrogens with zero attached hydrogens (tertiary/aromatic N) is 1. The molecule has 0 radical (unpaired) electrons. The lowest BCUT2D eigenvalue weighted by Gasteiger charge is -2.36. The van der Waals surface area contributed by atoms with Crippen molar-refractivity contribution in [3.05, 3.63) is 34.3 Å². The van der Waals surface area contributed by atoms with Crippen molar-refractivity contribution in [2.45, 2.75) is 31.3 Å². The SMILES string of the molecule is O=C1NCCN(C(=O)NC2CC3CC3C2)C1c1ccc(Br)cc1. The summed E-state index contributed by atoms with van der Waals surface area (Å²) in [5.41, 5.74) is 0.842. The highest BCUT2D eigenvalue weighted by molar-refractivity contribution is 9.10. The molecule has 0 aromatic heterocycles. The van der Waals surface area contributed by atoms with Gasteiger partial charge in [0.05, 0.1) is 0 Å². The summed E-state index contributed by atoms with van der Waals surface area (Å²) in [4.78, 5) is 26.7. The maximum atomic E-state index is 12.7. The van der Waals surface area contributed by atoms with E-state index in [-0.39, 0.29) is 18.0 Å². The van der Waals surface area contributed by atoms with E-state index in [0.29, 0.717) is 13.1 Å². The third-order valence-corrected chi connectivity index (χ3v) is 5.76. The molecule has 122 valence electrons. The van der Waals surface area contributed by atoms with Crippen LogP contribution in [0.3, 0.4) is 0 Å². The molecule has 5 nitrogen and oxygen atoms in total. The second-order valence-electron chi connectivity index (χ2n) is 6.81. The number of amides is 3. The Balaban J connectivity index is 1.50. The van der Waals surface area contributed by atoms with Crippen LogP contribution in [0.2, 0.25) is 0 Å². The molecule has 3 amide bonds. The Hall–Kier alpha value is -1.56. The van der Waals surface area contributed by atoms with Crippen molar-refractivity contribution in [2.75, 3.05) is 13.1 Å². The van der Waals surface area contributed by atoms with Gasteiger partial charge < -0.3 is 15.5 Å². The van der Waals surface area contributed by atoms with Gasteiger partial charge in [0.25, 0.3) is 0 Å². The molecule has 1 heterocycles. The van der Waals surface area contributed by atoms with Gasteiger partial charge in [-0.05, 0) is 48.8 Å². The molecule has 1 aromatic carbocycles. The zero-order valence-corrected chi connectivity index (χ0v) is 14.4. The molecule has 23 heavy (non-hydrogen) atoms. The van der Waals surface area contributed by atoms with Gasteiger partial charge in [-0.3, -0.25) is 4.79 Å². The van der Waals surface area contributed by atoms with Gasteiger partial charge in [0, 0.05) is 23.6 Å². The molecule has 0 spiro atoms. The van der Waals surface area contributed by atoms with Crippen LogP contribution >= 0.6 is 15.9 Å². The minimum absolute atomic E-state index is 0.108. The first-order valence-corrected chi connectivity index (χ1v) is 9.01. The van der Waals surface area contributed by atoms with Crippen molar-refractivity contribution in [3.8, 4) is 0 Å². The first kappa shape index (κ1) is 15.0. The number of piperazine rings is 1. The summed E-state index contributed by atoms with van der Waals surface area (Å²) in [6.07, 6.45) is 3.53. The molecular formula is C17H20BrN3O2. The van der Waals surface area contributed by atoms with E-state index in [4.69, 9.17) is 0 Å². The molecule has 3 unspecified atom stereocenters. The summed E-state index contributed by atoms with van der Waals surface area (Å²) in [5, 5.41) is 6.00. The number of rotatable bonds is 2. The summed E-state index contributed by atoms with van der Waals surface area (Å²) in [7, 11) is 0. The van der Waals surface area contributed by atoms with Gasteiger partial charge >= 0.3 is 6.03 Å². The van der Waals surface area contributed by atoms with Gasteiger partial charge in [-0.1, -0.05) is 28.1 Å². The van der Waals surface area contributed by atoms with Crippen molar-refractivity contribution in [2.24, 2.45) is 11.8 Å². The number of hydrogen-bond acceptors (Lipinski definition) is 2. The van der Waals surface area contributed by atoms with Crippen LogP contribution in [-0.4, -0.2) is 36.0 Å². The van der Waals surface area contributed by atoms with E-state index >= 15 is 0 Å². The summed E-state index contributed by atoms with van der Waals surface area (Å²) in [6.45, 7) is 1.05. The van der Waals surface area contributed by atoms with Crippen LogP contribution in [0.15, 0.2) is 28.7 Å². The first-order valence-electron chi connectivity index (χ1n) is 8.22. The molecule has 2 saturated carbocycles. The topological polar surface area (TPSA) is 61.4 Å². The maximum Gasteiger partial charge on any atom is 0.318 e. The lowest BCUT2D eigenvalue weighted by atomic mass is 10.0. The Morgan fingerprint density at radius 3 is 2.57 bits per heavy atom. The van der Waals surface area contributed by atoms with Crippen molar-refractivity contribution < 1.29 is 9.59 Å². The summed E-state index contributed by atoms with van der Waals surface area (Å²) < 4.78 is 0.957. The summed E-state index contributed by atoms with van der Waals surface area (Å²) in [5.74, 6) is 1.54. The van der Waals surface area contributed by atoms with Gasteiger partial charge in [0.2, 0.25) is 5.91 Å². The first-order chi connectivity index (χ1) is 11.1. The monoisotopic (exact) mass is 377 g/mol. The van der Waals surface area contributed by atoms with Gasteiger partial charge in [-0.25, -0.2) is 4.79 Å². The number of hydrogen-bond donors (Lipinski definition) is 2. The molecule has 6 heteroatoms.